The summed E-state index contributed by atoms with van der Waals surface area (Å²) in [7, 11) is 1.74. The molecule has 0 aromatic heterocycles. The maximum absolute atomic E-state index is 5.32. The molecule has 2 aliphatic rings. The normalized spacial score (nSPS) is 31.9. The molecule has 0 spiro atoms. The zero-order valence-corrected chi connectivity index (χ0v) is 13.0. The summed E-state index contributed by atoms with van der Waals surface area (Å²) in [5.41, 5.74) is 1.93. The molecule has 0 bridgehead atoms. The van der Waals surface area contributed by atoms with E-state index in [0.717, 1.165) is 11.8 Å². The second kappa shape index (κ2) is 5.40. The van der Waals surface area contributed by atoms with E-state index >= 15 is 0 Å². The maximum atomic E-state index is 5.32. The van der Waals surface area contributed by atoms with Crippen LogP contribution in [0.3, 0.4) is 0 Å². The third-order valence-electron chi connectivity index (χ3n) is 5.40. The quantitative estimate of drug-likeness (QED) is 0.891. The van der Waals surface area contributed by atoms with E-state index in [4.69, 9.17) is 4.74 Å². The molecule has 2 fully saturated rings. The fraction of sp³-hybridized carbons (Fsp3) is 0.667. The highest BCUT2D eigenvalue weighted by Crippen LogP contribution is 2.42. The number of nitrogens with one attached hydrogen (secondary N) is 1. The predicted molar refractivity (Wildman–Crippen MR) is 83.3 cm³/mol. The van der Waals surface area contributed by atoms with Gasteiger partial charge >= 0.3 is 0 Å². The number of benzene rings is 1. The van der Waals surface area contributed by atoms with Crippen molar-refractivity contribution in [3.63, 3.8) is 0 Å². The van der Waals surface area contributed by atoms with Crippen LogP contribution in [0.25, 0.3) is 0 Å². The van der Waals surface area contributed by atoms with Crippen molar-refractivity contribution < 1.29 is 4.74 Å². The summed E-state index contributed by atoms with van der Waals surface area (Å²) >= 11 is 0. The summed E-state index contributed by atoms with van der Waals surface area (Å²) in [6.07, 6.45) is 6.67. The fourth-order valence-electron chi connectivity index (χ4n) is 3.84. The Balaban J connectivity index is 1.53. The molecule has 1 aromatic rings. The first-order valence-electron chi connectivity index (χ1n) is 7.98. The molecular formula is C18H27NO. The predicted octanol–water partition coefficient (Wildman–Crippen LogP) is 4.11. The number of hydrogen-bond donors (Lipinski definition) is 1. The van der Waals surface area contributed by atoms with Gasteiger partial charge in [-0.05, 0) is 54.7 Å². The zero-order chi connectivity index (χ0) is 14.2. The Morgan fingerprint density at radius 2 is 2.05 bits per heavy atom. The molecule has 2 nitrogen and oxygen atoms in total. The first-order valence-corrected chi connectivity index (χ1v) is 7.98. The molecule has 0 amide bonds. The van der Waals surface area contributed by atoms with Crippen LogP contribution in [0, 0.1) is 5.41 Å². The molecule has 2 aliphatic carbocycles. The van der Waals surface area contributed by atoms with Gasteiger partial charge in [-0.25, -0.2) is 0 Å². The van der Waals surface area contributed by atoms with Crippen molar-refractivity contribution in [2.24, 2.45) is 5.41 Å². The van der Waals surface area contributed by atoms with Crippen molar-refractivity contribution in [2.45, 2.75) is 64.0 Å². The van der Waals surface area contributed by atoms with E-state index in [2.05, 4.69) is 37.4 Å². The van der Waals surface area contributed by atoms with E-state index in [1.807, 2.05) is 6.07 Å². The fourth-order valence-corrected chi connectivity index (χ4v) is 3.84. The zero-order valence-electron chi connectivity index (χ0n) is 13.0. The molecule has 0 heterocycles. The van der Waals surface area contributed by atoms with Crippen molar-refractivity contribution in [1.29, 1.82) is 0 Å². The number of hydrogen-bond acceptors (Lipinski definition) is 2. The van der Waals surface area contributed by atoms with E-state index < -0.39 is 0 Å². The van der Waals surface area contributed by atoms with Crippen LogP contribution in [0.15, 0.2) is 24.3 Å². The molecule has 1 N–H and O–H groups in total. The molecule has 20 heavy (non-hydrogen) atoms. The minimum Gasteiger partial charge on any atom is -0.497 e. The largest absolute Gasteiger partial charge is 0.497 e. The Bertz CT molecular complexity index is 462. The average Bonchev–Trinajstić information content (AvgIpc) is 2.72. The van der Waals surface area contributed by atoms with E-state index in [0.29, 0.717) is 17.4 Å². The van der Waals surface area contributed by atoms with E-state index in [1.54, 1.807) is 7.11 Å². The van der Waals surface area contributed by atoms with Crippen molar-refractivity contribution in [3.05, 3.63) is 29.8 Å². The number of rotatable bonds is 4. The van der Waals surface area contributed by atoms with Crippen LogP contribution in [-0.2, 0) is 0 Å². The SMILES string of the molecule is COc1cccc(C2CC(NC3CCCC3(C)C)C2)c1. The van der Waals surface area contributed by atoms with Crippen LogP contribution < -0.4 is 10.1 Å². The molecule has 1 atom stereocenters. The van der Waals surface area contributed by atoms with Crippen LogP contribution in [0.5, 0.6) is 5.75 Å². The smallest absolute Gasteiger partial charge is 0.119 e. The number of methoxy groups -OCH3 is 1. The summed E-state index contributed by atoms with van der Waals surface area (Å²) in [6.45, 7) is 4.83. The highest BCUT2D eigenvalue weighted by molar-refractivity contribution is 5.32. The summed E-state index contributed by atoms with van der Waals surface area (Å²) in [5, 5.41) is 3.90. The summed E-state index contributed by atoms with van der Waals surface area (Å²) in [6, 6.07) is 10.0. The van der Waals surface area contributed by atoms with Crippen LogP contribution in [0.1, 0.15) is 57.4 Å². The van der Waals surface area contributed by atoms with Gasteiger partial charge in [0.1, 0.15) is 5.75 Å². The molecule has 1 aromatic carbocycles. The first-order chi connectivity index (χ1) is 9.58. The van der Waals surface area contributed by atoms with Crippen molar-refractivity contribution in [3.8, 4) is 5.75 Å². The lowest BCUT2D eigenvalue weighted by Crippen LogP contribution is -2.49. The van der Waals surface area contributed by atoms with Crippen molar-refractivity contribution in [2.75, 3.05) is 7.11 Å². The van der Waals surface area contributed by atoms with Gasteiger partial charge < -0.3 is 10.1 Å². The highest BCUT2D eigenvalue weighted by Gasteiger charge is 2.38. The minimum absolute atomic E-state index is 0.487. The lowest BCUT2D eigenvalue weighted by atomic mass is 9.74. The van der Waals surface area contributed by atoms with Gasteiger partial charge in [-0.3, -0.25) is 0 Å². The van der Waals surface area contributed by atoms with Gasteiger partial charge in [0, 0.05) is 12.1 Å². The Kier molecular flexibility index (Phi) is 3.76. The first kappa shape index (κ1) is 13.9. The van der Waals surface area contributed by atoms with Crippen LogP contribution >= 0.6 is 0 Å². The Labute approximate surface area is 122 Å². The molecular weight excluding hydrogens is 246 g/mol. The standard InChI is InChI=1S/C18H27NO/c1-18(2)9-5-8-17(18)19-15-10-14(11-15)13-6-4-7-16(12-13)20-3/h4,6-7,12,14-15,17,19H,5,8-11H2,1-3H3. The molecule has 0 aliphatic heterocycles. The van der Waals surface area contributed by atoms with Crippen LogP contribution in [0.4, 0.5) is 0 Å². The van der Waals surface area contributed by atoms with E-state index in [-0.39, 0.29) is 0 Å². The molecule has 3 rings (SSSR count). The van der Waals surface area contributed by atoms with Gasteiger partial charge in [0.25, 0.3) is 0 Å². The summed E-state index contributed by atoms with van der Waals surface area (Å²) in [5.74, 6) is 1.70. The molecule has 110 valence electrons. The van der Waals surface area contributed by atoms with Crippen LogP contribution in [-0.4, -0.2) is 19.2 Å². The van der Waals surface area contributed by atoms with Crippen LogP contribution in [0.2, 0.25) is 0 Å². The maximum Gasteiger partial charge on any atom is 0.119 e. The van der Waals surface area contributed by atoms with Crippen molar-refractivity contribution in [1.82, 2.24) is 5.32 Å². The summed E-state index contributed by atoms with van der Waals surface area (Å²) < 4.78 is 5.32. The Morgan fingerprint density at radius 3 is 2.70 bits per heavy atom. The van der Waals surface area contributed by atoms with E-state index in [9.17, 15) is 0 Å². The molecule has 1 unspecified atom stereocenters. The lowest BCUT2D eigenvalue weighted by Gasteiger charge is -2.41. The molecule has 0 saturated heterocycles. The van der Waals surface area contributed by atoms with Gasteiger partial charge in [-0.15, -0.1) is 0 Å². The minimum atomic E-state index is 0.487. The van der Waals surface area contributed by atoms with Gasteiger partial charge in [0.2, 0.25) is 0 Å². The third-order valence-corrected chi connectivity index (χ3v) is 5.40. The second-order valence-electron chi connectivity index (χ2n) is 7.24. The van der Waals surface area contributed by atoms with E-state index in [1.165, 1.54) is 37.7 Å². The van der Waals surface area contributed by atoms with Gasteiger partial charge in [0.05, 0.1) is 7.11 Å². The number of ether oxygens (including phenoxy) is 1. The van der Waals surface area contributed by atoms with Gasteiger partial charge in [-0.1, -0.05) is 32.4 Å². The topological polar surface area (TPSA) is 21.3 Å². The summed E-state index contributed by atoms with van der Waals surface area (Å²) in [4.78, 5) is 0. The third kappa shape index (κ3) is 2.71. The van der Waals surface area contributed by atoms with Crippen molar-refractivity contribution >= 4 is 0 Å². The van der Waals surface area contributed by atoms with Gasteiger partial charge in [-0.2, -0.15) is 0 Å². The Hall–Kier alpha value is -1.02. The monoisotopic (exact) mass is 273 g/mol. The average molecular weight is 273 g/mol. The van der Waals surface area contributed by atoms with Gasteiger partial charge in [0.15, 0.2) is 0 Å². The lowest BCUT2D eigenvalue weighted by molar-refractivity contribution is 0.202. The Morgan fingerprint density at radius 1 is 1.25 bits per heavy atom. The second-order valence-corrected chi connectivity index (χ2v) is 7.24. The molecule has 2 heteroatoms. The molecule has 0 radical (unpaired) electrons. The molecule has 2 saturated carbocycles. The highest BCUT2D eigenvalue weighted by atomic mass is 16.5.